The van der Waals surface area contributed by atoms with E-state index in [1.807, 2.05) is 0 Å². The van der Waals surface area contributed by atoms with Crippen molar-refractivity contribution in [1.29, 1.82) is 0 Å². The molecule has 2 unspecified atom stereocenters. The van der Waals surface area contributed by atoms with Crippen molar-refractivity contribution in [3.63, 3.8) is 0 Å². The second kappa shape index (κ2) is 5.36. The third kappa shape index (κ3) is 4.58. The molecule has 0 aliphatic heterocycles. The molecule has 0 radical (unpaired) electrons. The highest BCUT2D eigenvalue weighted by Crippen LogP contribution is 2.04. The Labute approximate surface area is 81.2 Å². The van der Waals surface area contributed by atoms with Crippen LogP contribution >= 0.6 is 0 Å². The summed E-state index contributed by atoms with van der Waals surface area (Å²) in [6, 6.07) is -2.14. The third-order valence-corrected chi connectivity index (χ3v) is 1.61. The molecular weight excluding hydrogens is 188 g/mol. The first-order valence-electron chi connectivity index (χ1n) is 3.98. The van der Waals surface area contributed by atoms with E-state index < -0.39 is 24.0 Å². The van der Waals surface area contributed by atoms with Crippen LogP contribution in [0.4, 0.5) is 0 Å². The van der Waals surface area contributed by atoms with Gasteiger partial charge in [-0.15, -0.1) is 0 Å². The zero-order chi connectivity index (χ0) is 11.3. The first-order chi connectivity index (χ1) is 6.34. The Morgan fingerprint density at radius 3 is 2.14 bits per heavy atom. The minimum Gasteiger partial charge on any atom is -0.480 e. The maximum Gasteiger partial charge on any atom is 0.324 e. The quantitative estimate of drug-likeness (QED) is 0.430. The maximum absolute atomic E-state index is 10.4. The molecule has 0 aromatic heterocycles. The van der Waals surface area contributed by atoms with E-state index in [0.717, 1.165) is 0 Å². The lowest BCUT2D eigenvalue weighted by molar-refractivity contribution is -0.138. The molecule has 0 bridgehead atoms. The molecule has 80 valence electrons. The van der Waals surface area contributed by atoms with Gasteiger partial charge in [0.2, 0.25) is 0 Å². The van der Waals surface area contributed by atoms with Gasteiger partial charge in [0.05, 0.1) is 0 Å². The van der Waals surface area contributed by atoms with Crippen LogP contribution in [0.25, 0.3) is 0 Å². The summed E-state index contributed by atoms with van der Waals surface area (Å²) in [6.45, 7) is 1.59. The van der Waals surface area contributed by atoms with Crippen molar-refractivity contribution in [3.8, 4) is 0 Å². The van der Waals surface area contributed by atoms with Crippen LogP contribution in [0.5, 0.6) is 0 Å². The van der Waals surface area contributed by atoms with Gasteiger partial charge in [0.15, 0.2) is 0 Å². The largest absolute Gasteiger partial charge is 0.480 e. The Bertz CT molecular complexity index is 262. The van der Waals surface area contributed by atoms with Gasteiger partial charge >= 0.3 is 11.9 Å². The van der Waals surface area contributed by atoms with Crippen molar-refractivity contribution in [2.24, 2.45) is 11.5 Å². The van der Waals surface area contributed by atoms with Crippen LogP contribution in [0, 0.1) is 0 Å². The fraction of sp³-hybridized carbons (Fsp3) is 0.500. The van der Waals surface area contributed by atoms with Gasteiger partial charge in [-0.2, -0.15) is 0 Å². The lowest BCUT2D eigenvalue weighted by atomic mass is 10.1. The van der Waals surface area contributed by atoms with E-state index in [-0.39, 0.29) is 6.42 Å². The molecule has 6 heteroatoms. The van der Waals surface area contributed by atoms with Gasteiger partial charge < -0.3 is 21.7 Å². The number of nitrogens with two attached hydrogens (primary N) is 2. The number of rotatable bonds is 5. The Kier molecular flexibility index (Phi) is 4.82. The highest BCUT2D eigenvalue weighted by atomic mass is 16.4. The topological polar surface area (TPSA) is 127 Å². The molecule has 0 aromatic carbocycles. The number of carboxylic acids is 2. The smallest absolute Gasteiger partial charge is 0.324 e. The summed E-state index contributed by atoms with van der Waals surface area (Å²) in [5, 5.41) is 16.9. The molecule has 14 heavy (non-hydrogen) atoms. The lowest BCUT2D eigenvalue weighted by Gasteiger charge is -2.07. The first kappa shape index (κ1) is 12.6. The average molecular weight is 202 g/mol. The van der Waals surface area contributed by atoms with E-state index in [2.05, 4.69) is 0 Å². The van der Waals surface area contributed by atoms with E-state index in [9.17, 15) is 9.59 Å². The molecule has 0 heterocycles. The summed E-state index contributed by atoms with van der Waals surface area (Å²) in [7, 11) is 0. The molecule has 2 atom stereocenters. The Morgan fingerprint density at radius 2 is 1.79 bits per heavy atom. The Balaban J connectivity index is 4.26. The van der Waals surface area contributed by atoms with Crippen molar-refractivity contribution in [2.45, 2.75) is 25.4 Å². The van der Waals surface area contributed by atoms with Crippen molar-refractivity contribution in [2.75, 3.05) is 0 Å². The van der Waals surface area contributed by atoms with Crippen molar-refractivity contribution >= 4 is 11.9 Å². The van der Waals surface area contributed by atoms with E-state index in [4.69, 9.17) is 21.7 Å². The van der Waals surface area contributed by atoms with Gasteiger partial charge in [0.1, 0.15) is 12.1 Å². The summed E-state index contributed by atoms with van der Waals surface area (Å²) in [5.74, 6) is -2.28. The van der Waals surface area contributed by atoms with Gasteiger partial charge in [-0.05, 0) is 13.3 Å². The van der Waals surface area contributed by atoms with Crippen LogP contribution in [0.1, 0.15) is 13.3 Å². The fourth-order valence-corrected chi connectivity index (χ4v) is 0.880. The summed E-state index contributed by atoms with van der Waals surface area (Å²) in [5.41, 5.74) is 11.0. The van der Waals surface area contributed by atoms with E-state index in [1.54, 1.807) is 6.92 Å². The minimum absolute atomic E-state index is 0.0936. The Morgan fingerprint density at radius 1 is 1.29 bits per heavy atom. The molecule has 0 amide bonds. The summed E-state index contributed by atoms with van der Waals surface area (Å²) < 4.78 is 0. The normalized spacial score (nSPS) is 16.1. The van der Waals surface area contributed by atoms with Gasteiger partial charge in [-0.3, -0.25) is 9.59 Å². The number of aliphatic carboxylic acids is 2. The van der Waals surface area contributed by atoms with Crippen LogP contribution < -0.4 is 11.5 Å². The monoisotopic (exact) mass is 202 g/mol. The number of hydrogen-bond donors (Lipinski definition) is 4. The predicted molar refractivity (Wildman–Crippen MR) is 49.6 cm³/mol. The lowest BCUT2D eigenvalue weighted by Crippen LogP contribution is -2.31. The predicted octanol–water partition coefficient (Wildman–Crippen LogP) is -0.853. The Hall–Kier alpha value is -1.40. The molecule has 0 aliphatic rings. The first-order valence-corrected chi connectivity index (χ1v) is 3.98. The SMILES string of the molecule is C/C(=C\C(N)C(=O)O)CC(N)C(=O)O. The van der Waals surface area contributed by atoms with E-state index in [0.29, 0.717) is 5.57 Å². The standard InChI is InChI=1S/C8H14N2O4/c1-4(2-5(9)7(11)12)3-6(10)8(13)14/h2,5-6H,3,9-10H2,1H3,(H,11,12)(H,13,14)/b4-2+. The fourth-order valence-electron chi connectivity index (χ4n) is 0.880. The third-order valence-electron chi connectivity index (χ3n) is 1.61. The van der Waals surface area contributed by atoms with Crippen molar-refractivity contribution in [1.82, 2.24) is 0 Å². The van der Waals surface area contributed by atoms with Crippen molar-refractivity contribution < 1.29 is 19.8 Å². The molecule has 0 aromatic rings. The summed E-state index contributed by atoms with van der Waals surface area (Å²) in [4.78, 5) is 20.7. The van der Waals surface area contributed by atoms with Gasteiger partial charge in [0, 0.05) is 0 Å². The van der Waals surface area contributed by atoms with Gasteiger partial charge in [0.25, 0.3) is 0 Å². The van der Waals surface area contributed by atoms with Crippen LogP contribution in [0.3, 0.4) is 0 Å². The van der Waals surface area contributed by atoms with E-state index in [1.165, 1.54) is 6.08 Å². The molecule has 0 fully saturated rings. The van der Waals surface area contributed by atoms with Crippen LogP contribution in [0.2, 0.25) is 0 Å². The average Bonchev–Trinajstić information content (AvgIpc) is 2.03. The molecule has 0 spiro atoms. The molecule has 6 nitrogen and oxygen atoms in total. The molecular formula is C8H14N2O4. The van der Waals surface area contributed by atoms with Crippen LogP contribution in [-0.4, -0.2) is 34.2 Å². The summed E-state index contributed by atoms with van der Waals surface area (Å²) >= 11 is 0. The van der Waals surface area contributed by atoms with Crippen LogP contribution in [-0.2, 0) is 9.59 Å². The summed E-state index contributed by atoms with van der Waals surface area (Å²) in [6.07, 6.45) is 1.38. The minimum atomic E-state index is -1.16. The molecule has 0 saturated heterocycles. The number of carbonyl (C=O) groups is 2. The maximum atomic E-state index is 10.4. The molecule has 6 N–H and O–H groups in total. The second-order valence-electron chi connectivity index (χ2n) is 3.03. The van der Waals surface area contributed by atoms with E-state index >= 15 is 0 Å². The van der Waals surface area contributed by atoms with Gasteiger partial charge in [-0.1, -0.05) is 11.6 Å². The zero-order valence-corrected chi connectivity index (χ0v) is 7.80. The number of hydrogen-bond acceptors (Lipinski definition) is 4. The molecule has 0 rings (SSSR count). The highest BCUT2D eigenvalue weighted by molar-refractivity contribution is 5.76. The molecule has 0 aliphatic carbocycles. The zero-order valence-electron chi connectivity index (χ0n) is 7.80. The second-order valence-corrected chi connectivity index (χ2v) is 3.03. The highest BCUT2D eigenvalue weighted by Gasteiger charge is 2.13. The molecule has 0 saturated carbocycles. The number of carboxylic acid groups (broad SMARTS) is 2. The van der Waals surface area contributed by atoms with Crippen molar-refractivity contribution in [3.05, 3.63) is 11.6 Å². The van der Waals surface area contributed by atoms with Gasteiger partial charge in [-0.25, -0.2) is 0 Å². The van der Waals surface area contributed by atoms with Crippen LogP contribution in [0.15, 0.2) is 11.6 Å².